The normalized spacial score (nSPS) is 18.2. The van der Waals surface area contributed by atoms with Crippen LogP contribution in [0.15, 0.2) is 53.0 Å². The Hall–Kier alpha value is -5.01. The number of rotatable bonds is 31. The Morgan fingerprint density at radius 1 is 0.455 bits per heavy atom. The fraction of sp³-hybridized carbons (Fsp3) is 0.690. The van der Waals surface area contributed by atoms with Crippen LogP contribution < -0.4 is 43.4 Å². The average Bonchev–Trinajstić information content (AvgIpc) is 3.45. The lowest BCUT2D eigenvalue weighted by Gasteiger charge is -2.33. The Balaban J connectivity index is 0.672. The van der Waals surface area contributed by atoms with E-state index >= 15 is 0 Å². The molecule has 0 unspecified atom stereocenters. The number of likely N-dealkylation sites (tertiary alicyclic amines) is 4. The fourth-order valence-corrected chi connectivity index (χ4v) is 11.6. The summed E-state index contributed by atoms with van der Waals surface area (Å²) in [5.74, 6) is 3.61. The number of nitrogens with two attached hydrogens (primary N) is 2. The molecule has 4 heterocycles. The van der Waals surface area contributed by atoms with E-state index in [1.807, 2.05) is 48.5 Å². The molecule has 0 aliphatic carbocycles. The minimum atomic E-state index is -0.0465. The molecule has 0 bridgehead atoms. The maximum absolute atomic E-state index is 12.6. The predicted octanol–water partition coefficient (Wildman–Crippen LogP) is 5.14. The smallest absolute Gasteiger partial charge is 0.234 e. The van der Waals surface area contributed by atoms with Gasteiger partial charge in [0, 0.05) is 89.9 Å². The van der Waals surface area contributed by atoms with Crippen molar-refractivity contribution in [1.29, 1.82) is 5.41 Å². The van der Waals surface area contributed by atoms with Gasteiger partial charge in [-0.05, 0) is 156 Å². The molecule has 19 heteroatoms. The highest BCUT2D eigenvalue weighted by Crippen LogP contribution is 2.29. The first kappa shape index (κ1) is 61.2. The SMILES string of the molecule is N=C(N)NCc1ccc(CNC(=O)CN2CCC(CCCC3CCN(CCC(=O)NCCCNC(=O)CCN4CCC(CCCC5CCN(CCC(=O)NCc6ccc(CN/C(N)=N\Cl)cc6)CC5)CC4)CC3)CC2)cc1. The van der Waals surface area contributed by atoms with Crippen LogP contribution in [0.3, 0.4) is 0 Å². The highest BCUT2D eigenvalue weighted by molar-refractivity contribution is 6.19. The molecular formula is C58H95ClN14O4. The highest BCUT2D eigenvalue weighted by Gasteiger charge is 2.25. The summed E-state index contributed by atoms with van der Waals surface area (Å²) in [6.45, 7) is 14.6. The van der Waals surface area contributed by atoms with Crippen molar-refractivity contribution in [1.82, 2.24) is 51.5 Å². The lowest BCUT2D eigenvalue weighted by Crippen LogP contribution is -2.41. The number of amides is 4. The van der Waals surface area contributed by atoms with Gasteiger partial charge in [0.25, 0.3) is 0 Å². The van der Waals surface area contributed by atoms with Gasteiger partial charge in [-0.2, -0.15) is 0 Å². The first-order chi connectivity index (χ1) is 37.4. The fourth-order valence-electron chi connectivity index (χ4n) is 11.5. The molecule has 2 aromatic rings. The number of benzene rings is 2. The summed E-state index contributed by atoms with van der Waals surface area (Å²) in [5.41, 5.74) is 15.1. The predicted molar refractivity (Wildman–Crippen MR) is 308 cm³/mol. The Kier molecular flexibility index (Phi) is 27.6. The van der Waals surface area contributed by atoms with E-state index in [-0.39, 0.29) is 35.5 Å². The number of halogens is 1. The van der Waals surface area contributed by atoms with Gasteiger partial charge in [0.15, 0.2) is 5.96 Å². The van der Waals surface area contributed by atoms with Gasteiger partial charge in [-0.15, -0.1) is 4.51 Å². The molecule has 0 saturated carbocycles. The summed E-state index contributed by atoms with van der Waals surface area (Å²) in [5, 5.41) is 25.3. The molecule has 0 spiro atoms. The molecule has 11 N–H and O–H groups in total. The van der Waals surface area contributed by atoms with Crippen molar-refractivity contribution in [3.05, 3.63) is 70.8 Å². The summed E-state index contributed by atoms with van der Waals surface area (Å²) in [6.07, 6.45) is 19.7. The van der Waals surface area contributed by atoms with E-state index in [1.54, 1.807) is 0 Å². The molecule has 4 amide bonds. The third-order valence-electron chi connectivity index (χ3n) is 16.7. The van der Waals surface area contributed by atoms with Crippen molar-refractivity contribution in [2.45, 2.75) is 142 Å². The van der Waals surface area contributed by atoms with Crippen LogP contribution in [-0.2, 0) is 45.4 Å². The van der Waals surface area contributed by atoms with Crippen LogP contribution in [0.2, 0.25) is 0 Å². The van der Waals surface area contributed by atoms with Crippen LogP contribution in [0.5, 0.6) is 0 Å². The zero-order valence-electron chi connectivity index (χ0n) is 46.3. The van der Waals surface area contributed by atoms with Crippen LogP contribution in [0.4, 0.5) is 0 Å². The minimum absolute atomic E-state index is 0.0465. The van der Waals surface area contributed by atoms with Gasteiger partial charge < -0.3 is 58.1 Å². The van der Waals surface area contributed by atoms with Crippen LogP contribution in [0.25, 0.3) is 0 Å². The van der Waals surface area contributed by atoms with Crippen LogP contribution in [0.1, 0.15) is 138 Å². The van der Waals surface area contributed by atoms with Crippen LogP contribution in [-0.4, -0.2) is 147 Å². The minimum Gasteiger partial charge on any atom is -0.370 e. The second-order valence-electron chi connectivity index (χ2n) is 22.5. The Labute approximate surface area is 465 Å². The van der Waals surface area contributed by atoms with Crippen molar-refractivity contribution in [3.63, 3.8) is 0 Å². The topological polar surface area (TPSA) is 242 Å². The van der Waals surface area contributed by atoms with Crippen molar-refractivity contribution in [3.8, 4) is 0 Å². The van der Waals surface area contributed by atoms with E-state index in [0.29, 0.717) is 65.1 Å². The second-order valence-corrected chi connectivity index (χ2v) is 22.7. The summed E-state index contributed by atoms with van der Waals surface area (Å²) >= 11 is 5.35. The molecule has 0 atom stereocenters. The monoisotopic (exact) mass is 1090 g/mol. The number of hydrogen-bond acceptors (Lipinski definition) is 10. The maximum Gasteiger partial charge on any atom is 0.234 e. The first-order valence-electron chi connectivity index (χ1n) is 29.3. The number of guanidine groups is 2. The number of nitrogens with one attached hydrogen (secondary N) is 7. The number of carbonyl (C=O) groups excluding carboxylic acids is 4. The molecule has 4 aliphatic heterocycles. The van der Waals surface area contributed by atoms with Gasteiger partial charge >= 0.3 is 0 Å². The molecule has 0 aromatic heterocycles. The van der Waals surface area contributed by atoms with Gasteiger partial charge in [-0.1, -0.05) is 87.1 Å². The Bertz CT molecular complexity index is 2080. The van der Waals surface area contributed by atoms with Gasteiger partial charge in [-0.3, -0.25) is 29.5 Å². The lowest BCUT2D eigenvalue weighted by atomic mass is 9.87. The van der Waals surface area contributed by atoms with Gasteiger partial charge in [0.05, 0.1) is 6.54 Å². The number of nitrogens with zero attached hydrogens (tertiary/aromatic N) is 5. The van der Waals surface area contributed by atoms with Gasteiger partial charge in [-0.25, -0.2) is 0 Å². The largest absolute Gasteiger partial charge is 0.370 e. The maximum atomic E-state index is 12.6. The van der Waals surface area contributed by atoms with Crippen molar-refractivity contribution in [2.75, 3.05) is 91.6 Å². The molecule has 6 rings (SSSR count). The van der Waals surface area contributed by atoms with Crippen LogP contribution >= 0.6 is 11.8 Å². The summed E-state index contributed by atoms with van der Waals surface area (Å²) in [4.78, 5) is 60.1. The van der Waals surface area contributed by atoms with E-state index in [9.17, 15) is 19.2 Å². The van der Waals surface area contributed by atoms with E-state index < -0.39 is 0 Å². The first-order valence-corrected chi connectivity index (χ1v) is 29.7. The van der Waals surface area contributed by atoms with Crippen molar-refractivity contribution in [2.24, 2.45) is 39.7 Å². The second kappa shape index (κ2) is 34.8. The molecule has 77 heavy (non-hydrogen) atoms. The standard InChI is InChI=1S/C58H95ClN14O4/c59-69-58(62)68-43-52-14-10-49(11-15-52)40-65-55(76)26-39-72-33-20-46(21-34-72)5-1-4-45-16-29-70(30-17-45)37-24-53(74)63-27-3-28-64-54(75)25-38-71-31-18-47(19-32-71)6-2-7-48-22-35-73(36-23-48)44-56(77)66-41-50-8-12-51(13-9-50)42-67-57(60)61/h8-15,45-48H,1-7,16-44H2,(H,63,74)(H,64,75)(H,65,76)(H,66,77)(H4,60,61,67)(H3,62,68,69). The third kappa shape index (κ3) is 25.1. The number of hydrogen-bond donors (Lipinski definition) is 9. The zero-order valence-corrected chi connectivity index (χ0v) is 47.0. The number of carbonyl (C=O) groups is 4. The molecular weight excluding hydrogens is 992 g/mol. The molecule has 0 radical (unpaired) electrons. The molecule has 4 aliphatic rings. The van der Waals surface area contributed by atoms with Crippen molar-refractivity contribution >= 4 is 47.3 Å². The zero-order chi connectivity index (χ0) is 54.5. The third-order valence-corrected chi connectivity index (χ3v) is 16.9. The molecule has 4 fully saturated rings. The highest BCUT2D eigenvalue weighted by atomic mass is 35.5. The van der Waals surface area contributed by atoms with E-state index in [4.69, 9.17) is 28.7 Å². The molecule has 18 nitrogen and oxygen atoms in total. The van der Waals surface area contributed by atoms with E-state index in [1.165, 1.54) is 89.9 Å². The van der Waals surface area contributed by atoms with Gasteiger partial charge in [0.1, 0.15) is 0 Å². The number of piperidine rings is 4. The quantitative estimate of drug-likeness (QED) is 0.0271. The molecule has 4 saturated heterocycles. The summed E-state index contributed by atoms with van der Waals surface area (Å²) < 4.78 is 3.38. The molecule has 428 valence electrons. The summed E-state index contributed by atoms with van der Waals surface area (Å²) in [6, 6.07) is 16.0. The summed E-state index contributed by atoms with van der Waals surface area (Å²) in [7, 11) is 0. The molecule has 2 aromatic carbocycles. The Morgan fingerprint density at radius 3 is 1.12 bits per heavy atom. The Morgan fingerprint density at radius 2 is 0.766 bits per heavy atom. The average molecular weight is 1090 g/mol. The van der Waals surface area contributed by atoms with E-state index in [2.05, 4.69) is 56.0 Å². The van der Waals surface area contributed by atoms with Crippen LogP contribution in [0, 0.1) is 29.1 Å². The van der Waals surface area contributed by atoms with Crippen molar-refractivity contribution < 1.29 is 19.2 Å². The van der Waals surface area contributed by atoms with E-state index in [0.717, 1.165) is 124 Å². The van der Waals surface area contributed by atoms with Gasteiger partial charge in [0.2, 0.25) is 29.6 Å². The lowest BCUT2D eigenvalue weighted by molar-refractivity contribution is -0.123.